The van der Waals surface area contributed by atoms with Crippen LogP contribution in [-0.4, -0.2) is 24.1 Å². The Morgan fingerprint density at radius 2 is 0.961 bits per heavy atom. The van der Waals surface area contributed by atoms with E-state index in [1.165, 1.54) is 42.0 Å². The first-order chi connectivity index (χ1) is 25.3. The lowest BCUT2D eigenvalue weighted by molar-refractivity contribution is 0.953. The second kappa shape index (κ2) is 10.9. The van der Waals surface area contributed by atoms with Gasteiger partial charge in [-0.3, -0.25) is 4.57 Å². The van der Waals surface area contributed by atoms with E-state index in [2.05, 4.69) is 112 Å². The van der Waals surface area contributed by atoms with Crippen LogP contribution in [0.25, 0.3) is 98.2 Å². The summed E-state index contributed by atoms with van der Waals surface area (Å²) in [5.74, 6) is 1.87. The standard InChI is InChI=1S/C45H27N5S/c1-3-13-28(14-4-1)43-46-44(29-15-5-2-6-16-29)48-45(47-43)50-36-20-10-7-17-31(36)35-27-30(23-25-38(35)50)49-37-21-11-8-19-34(37)41-39(49)26-24-33-32-18-9-12-22-40(32)51-42(33)41/h1-27H. The van der Waals surface area contributed by atoms with Crippen molar-refractivity contribution < 1.29 is 0 Å². The maximum absolute atomic E-state index is 5.11. The van der Waals surface area contributed by atoms with Crippen molar-refractivity contribution in [1.82, 2.24) is 24.1 Å². The molecule has 0 radical (unpaired) electrons. The molecule has 0 saturated heterocycles. The van der Waals surface area contributed by atoms with Gasteiger partial charge < -0.3 is 4.57 Å². The summed E-state index contributed by atoms with van der Waals surface area (Å²) in [6, 6.07) is 57.7. The van der Waals surface area contributed by atoms with Gasteiger partial charge in [0.05, 0.1) is 22.1 Å². The van der Waals surface area contributed by atoms with Crippen LogP contribution in [0, 0.1) is 0 Å². The molecule has 0 amide bonds. The zero-order valence-electron chi connectivity index (χ0n) is 27.2. The minimum atomic E-state index is 0.589. The number of aromatic nitrogens is 5. The average molecular weight is 670 g/mol. The van der Waals surface area contributed by atoms with Crippen molar-refractivity contribution >= 4 is 75.1 Å². The highest BCUT2D eigenvalue weighted by Crippen LogP contribution is 2.44. The predicted molar refractivity (Wildman–Crippen MR) is 212 cm³/mol. The van der Waals surface area contributed by atoms with E-state index >= 15 is 0 Å². The molecule has 0 aliphatic heterocycles. The van der Waals surface area contributed by atoms with Crippen LogP contribution >= 0.6 is 11.3 Å². The molecule has 0 bridgehead atoms. The number of hydrogen-bond acceptors (Lipinski definition) is 4. The zero-order chi connectivity index (χ0) is 33.5. The van der Waals surface area contributed by atoms with Gasteiger partial charge in [0, 0.05) is 58.5 Å². The van der Waals surface area contributed by atoms with Gasteiger partial charge in [0.2, 0.25) is 5.95 Å². The van der Waals surface area contributed by atoms with E-state index in [0.29, 0.717) is 17.6 Å². The highest BCUT2D eigenvalue weighted by molar-refractivity contribution is 7.26. The molecule has 238 valence electrons. The SMILES string of the molecule is c1ccc(-c2nc(-c3ccccc3)nc(-n3c4ccccc4c4cc(-n5c6ccccc6c6c7sc8ccccc8c7ccc65)ccc43)n2)cc1. The summed E-state index contributed by atoms with van der Waals surface area (Å²) in [6.07, 6.45) is 0. The van der Waals surface area contributed by atoms with Gasteiger partial charge in [-0.15, -0.1) is 11.3 Å². The molecule has 11 rings (SSSR count). The molecule has 7 aromatic carbocycles. The molecule has 4 heterocycles. The molecule has 11 aromatic rings. The number of hydrogen-bond donors (Lipinski definition) is 0. The van der Waals surface area contributed by atoms with Crippen molar-refractivity contribution in [3.63, 3.8) is 0 Å². The van der Waals surface area contributed by atoms with Crippen LogP contribution in [0.1, 0.15) is 0 Å². The van der Waals surface area contributed by atoms with E-state index in [9.17, 15) is 0 Å². The summed E-state index contributed by atoms with van der Waals surface area (Å²) in [6.45, 7) is 0. The number of rotatable bonds is 4. The molecule has 0 atom stereocenters. The maximum Gasteiger partial charge on any atom is 0.238 e. The molecule has 0 saturated carbocycles. The van der Waals surface area contributed by atoms with Gasteiger partial charge in [-0.1, -0.05) is 121 Å². The minimum absolute atomic E-state index is 0.589. The third-order valence-corrected chi connectivity index (χ3v) is 11.2. The summed E-state index contributed by atoms with van der Waals surface area (Å²) >= 11 is 1.88. The smallest absolute Gasteiger partial charge is 0.238 e. The van der Waals surface area contributed by atoms with Gasteiger partial charge in [0.1, 0.15) is 0 Å². The van der Waals surface area contributed by atoms with Crippen molar-refractivity contribution in [3.05, 3.63) is 164 Å². The Kier molecular flexibility index (Phi) is 6.05. The zero-order valence-corrected chi connectivity index (χ0v) is 28.0. The van der Waals surface area contributed by atoms with Crippen molar-refractivity contribution in [2.24, 2.45) is 0 Å². The fourth-order valence-electron chi connectivity index (χ4n) is 7.73. The Bertz CT molecular complexity index is 3080. The molecule has 0 aliphatic carbocycles. The van der Waals surface area contributed by atoms with E-state index in [4.69, 9.17) is 15.0 Å². The van der Waals surface area contributed by atoms with Crippen molar-refractivity contribution in [2.45, 2.75) is 0 Å². The number of para-hydroxylation sites is 2. The molecule has 0 aliphatic rings. The molecule has 0 fully saturated rings. The molecule has 6 heteroatoms. The molecule has 4 aromatic heterocycles. The van der Waals surface area contributed by atoms with Crippen LogP contribution in [0.5, 0.6) is 0 Å². The van der Waals surface area contributed by atoms with Gasteiger partial charge in [0.15, 0.2) is 11.6 Å². The topological polar surface area (TPSA) is 48.5 Å². The Hall–Kier alpha value is -6.63. The second-order valence-corrected chi connectivity index (χ2v) is 13.9. The fraction of sp³-hybridized carbons (Fsp3) is 0. The van der Waals surface area contributed by atoms with Crippen LogP contribution < -0.4 is 0 Å². The lowest BCUT2D eigenvalue weighted by Gasteiger charge is -2.11. The molecule has 51 heavy (non-hydrogen) atoms. The third-order valence-electron chi connectivity index (χ3n) is 9.98. The first-order valence-electron chi connectivity index (χ1n) is 17.0. The number of benzene rings is 7. The quantitative estimate of drug-likeness (QED) is 0.187. The summed E-state index contributed by atoms with van der Waals surface area (Å²) in [7, 11) is 0. The van der Waals surface area contributed by atoms with E-state index in [1.54, 1.807) is 0 Å². The Morgan fingerprint density at radius 1 is 0.392 bits per heavy atom. The van der Waals surface area contributed by atoms with Crippen LogP contribution in [0.4, 0.5) is 0 Å². The van der Waals surface area contributed by atoms with E-state index in [1.807, 2.05) is 72.0 Å². The maximum atomic E-state index is 5.11. The Balaban J connectivity index is 1.18. The minimum Gasteiger partial charge on any atom is -0.309 e. The highest BCUT2D eigenvalue weighted by Gasteiger charge is 2.21. The van der Waals surface area contributed by atoms with Gasteiger partial charge >= 0.3 is 0 Å². The summed E-state index contributed by atoms with van der Waals surface area (Å²) in [4.78, 5) is 15.2. The largest absolute Gasteiger partial charge is 0.309 e. The second-order valence-electron chi connectivity index (χ2n) is 12.9. The summed E-state index contributed by atoms with van der Waals surface area (Å²) in [5.41, 5.74) is 7.48. The Morgan fingerprint density at radius 3 is 1.69 bits per heavy atom. The van der Waals surface area contributed by atoms with Crippen molar-refractivity contribution in [2.75, 3.05) is 0 Å². The van der Waals surface area contributed by atoms with Crippen LogP contribution in [0.2, 0.25) is 0 Å². The number of thiophene rings is 1. The van der Waals surface area contributed by atoms with Crippen molar-refractivity contribution in [3.8, 4) is 34.4 Å². The predicted octanol–water partition coefficient (Wildman–Crippen LogP) is 11.8. The molecule has 0 unspecified atom stereocenters. The van der Waals surface area contributed by atoms with E-state index in [-0.39, 0.29) is 0 Å². The number of nitrogens with zero attached hydrogens (tertiary/aromatic N) is 5. The van der Waals surface area contributed by atoms with E-state index < -0.39 is 0 Å². The van der Waals surface area contributed by atoms with Gasteiger partial charge in [-0.05, 0) is 42.5 Å². The monoisotopic (exact) mass is 669 g/mol. The first kappa shape index (κ1) is 28.2. The molecular weight excluding hydrogens is 643 g/mol. The highest BCUT2D eigenvalue weighted by atomic mass is 32.1. The third kappa shape index (κ3) is 4.24. The van der Waals surface area contributed by atoms with E-state index in [0.717, 1.165) is 38.6 Å². The molecule has 5 nitrogen and oxygen atoms in total. The first-order valence-corrected chi connectivity index (χ1v) is 17.9. The molecule has 0 N–H and O–H groups in total. The van der Waals surface area contributed by atoms with Crippen LogP contribution in [-0.2, 0) is 0 Å². The summed E-state index contributed by atoms with van der Waals surface area (Å²) < 4.78 is 7.25. The van der Waals surface area contributed by atoms with Gasteiger partial charge in [0.25, 0.3) is 0 Å². The lowest BCUT2D eigenvalue weighted by Crippen LogP contribution is -2.06. The average Bonchev–Trinajstić information content (AvgIpc) is 3.86. The molecule has 0 spiro atoms. The van der Waals surface area contributed by atoms with Gasteiger partial charge in [-0.2, -0.15) is 9.97 Å². The molecular formula is C45H27N5S. The normalized spacial score (nSPS) is 11.9. The van der Waals surface area contributed by atoms with Crippen molar-refractivity contribution in [1.29, 1.82) is 0 Å². The lowest BCUT2D eigenvalue weighted by atomic mass is 10.1. The fourth-order valence-corrected chi connectivity index (χ4v) is 8.98. The Labute approximate surface area is 296 Å². The summed E-state index contributed by atoms with van der Waals surface area (Å²) in [5, 5.41) is 7.48. The van der Waals surface area contributed by atoms with Crippen LogP contribution in [0.15, 0.2) is 164 Å². The van der Waals surface area contributed by atoms with Crippen LogP contribution in [0.3, 0.4) is 0 Å². The van der Waals surface area contributed by atoms with Gasteiger partial charge in [-0.25, -0.2) is 4.98 Å². The number of fused-ring (bicyclic) bond motifs is 10.